The fourth-order valence-corrected chi connectivity index (χ4v) is 1.45. The molecule has 2 heteroatoms. The Bertz CT molecular complexity index is 374. The van der Waals surface area contributed by atoms with Crippen LogP contribution in [0.4, 0.5) is 5.69 Å². The highest BCUT2D eigenvalue weighted by Gasteiger charge is 2.01. The molecule has 0 unspecified atom stereocenters. The summed E-state index contributed by atoms with van der Waals surface area (Å²) in [5.74, 6) is 0. The molecule has 0 aromatic heterocycles. The molecule has 0 saturated carbocycles. The molecule has 0 aliphatic heterocycles. The molecule has 0 fully saturated rings. The van der Waals surface area contributed by atoms with Crippen molar-refractivity contribution < 1.29 is 0 Å². The van der Waals surface area contributed by atoms with E-state index in [0.29, 0.717) is 6.42 Å². The van der Waals surface area contributed by atoms with Crippen molar-refractivity contribution in [1.29, 1.82) is 5.26 Å². The summed E-state index contributed by atoms with van der Waals surface area (Å²) in [7, 11) is 0. The quantitative estimate of drug-likeness (QED) is 0.746. The second-order valence-electron chi connectivity index (χ2n) is 3.42. The monoisotopic (exact) mass is 200 g/mol. The molecule has 0 saturated heterocycles. The van der Waals surface area contributed by atoms with E-state index < -0.39 is 0 Å². The van der Waals surface area contributed by atoms with Gasteiger partial charge in [0.25, 0.3) is 0 Å². The van der Waals surface area contributed by atoms with E-state index in [2.05, 4.69) is 36.1 Å². The third-order valence-electron chi connectivity index (χ3n) is 2.13. The van der Waals surface area contributed by atoms with E-state index in [0.717, 1.165) is 12.2 Å². The molecular weight excluding hydrogens is 184 g/mol. The van der Waals surface area contributed by atoms with Crippen molar-refractivity contribution in [1.82, 2.24) is 0 Å². The summed E-state index contributed by atoms with van der Waals surface area (Å²) in [5, 5.41) is 8.58. The number of hydrogen-bond acceptors (Lipinski definition) is 2. The second-order valence-corrected chi connectivity index (χ2v) is 3.42. The van der Waals surface area contributed by atoms with Gasteiger partial charge in [-0.3, -0.25) is 0 Å². The van der Waals surface area contributed by atoms with Crippen LogP contribution in [-0.2, 0) is 0 Å². The molecule has 0 radical (unpaired) electrons. The van der Waals surface area contributed by atoms with E-state index in [1.165, 1.54) is 5.56 Å². The molecule has 15 heavy (non-hydrogen) atoms. The minimum Gasteiger partial charge on any atom is -0.347 e. The molecule has 78 valence electrons. The summed E-state index contributed by atoms with van der Waals surface area (Å²) in [5.41, 5.74) is 2.38. The van der Waals surface area contributed by atoms with Crippen molar-refractivity contribution in [3.8, 4) is 6.07 Å². The molecule has 0 bridgehead atoms. The van der Waals surface area contributed by atoms with Crippen LogP contribution in [0.15, 0.2) is 36.5 Å². The summed E-state index contributed by atoms with van der Waals surface area (Å²) >= 11 is 0. The van der Waals surface area contributed by atoms with E-state index in [1.807, 2.05) is 25.3 Å². The largest absolute Gasteiger partial charge is 0.347 e. The van der Waals surface area contributed by atoms with Gasteiger partial charge in [-0.25, -0.2) is 0 Å². The van der Waals surface area contributed by atoms with Crippen LogP contribution in [0.25, 0.3) is 0 Å². The predicted molar refractivity (Wildman–Crippen MR) is 63.6 cm³/mol. The number of benzene rings is 1. The normalized spacial score (nSPS) is 10.2. The maximum atomic E-state index is 8.58. The zero-order valence-electron chi connectivity index (χ0n) is 9.27. The highest BCUT2D eigenvalue weighted by Crippen LogP contribution is 2.16. The average molecular weight is 200 g/mol. The molecule has 0 aliphatic carbocycles. The third-order valence-corrected chi connectivity index (χ3v) is 2.13. The van der Waals surface area contributed by atoms with Crippen molar-refractivity contribution in [2.45, 2.75) is 20.3 Å². The van der Waals surface area contributed by atoms with E-state index in [-0.39, 0.29) is 0 Å². The Morgan fingerprint density at radius 1 is 1.47 bits per heavy atom. The number of anilines is 1. The van der Waals surface area contributed by atoms with Gasteiger partial charge in [0.2, 0.25) is 0 Å². The molecule has 1 aromatic rings. The van der Waals surface area contributed by atoms with Gasteiger partial charge in [0, 0.05) is 12.2 Å². The van der Waals surface area contributed by atoms with Crippen LogP contribution in [0.2, 0.25) is 0 Å². The third kappa shape index (κ3) is 3.47. The van der Waals surface area contributed by atoms with Crippen molar-refractivity contribution >= 4 is 5.69 Å². The van der Waals surface area contributed by atoms with Crippen molar-refractivity contribution in [2.75, 3.05) is 11.4 Å². The first kappa shape index (κ1) is 11.3. The van der Waals surface area contributed by atoms with Gasteiger partial charge in [-0.1, -0.05) is 18.2 Å². The highest BCUT2D eigenvalue weighted by atomic mass is 15.1. The van der Waals surface area contributed by atoms with Gasteiger partial charge in [-0.2, -0.15) is 5.26 Å². The number of nitriles is 1. The van der Waals surface area contributed by atoms with E-state index in [4.69, 9.17) is 5.26 Å². The van der Waals surface area contributed by atoms with Crippen LogP contribution in [-0.4, -0.2) is 6.54 Å². The van der Waals surface area contributed by atoms with Gasteiger partial charge in [0.1, 0.15) is 0 Å². The van der Waals surface area contributed by atoms with E-state index >= 15 is 0 Å². The van der Waals surface area contributed by atoms with Crippen LogP contribution in [0, 0.1) is 18.3 Å². The first-order chi connectivity index (χ1) is 7.27. The maximum Gasteiger partial charge on any atom is 0.0640 e. The molecule has 2 nitrogen and oxygen atoms in total. The SMILES string of the molecule is CC=CN(CCC#N)c1cccc(C)c1. The van der Waals surface area contributed by atoms with Crippen LogP contribution >= 0.6 is 0 Å². The summed E-state index contributed by atoms with van der Waals surface area (Å²) in [4.78, 5) is 2.09. The Kier molecular flexibility index (Phi) is 4.43. The summed E-state index contributed by atoms with van der Waals surface area (Å²) in [6, 6.07) is 10.5. The molecule has 0 atom stereocenters. The van der Waals surface area contributed by atoms with Gasteiger partial charge >= 0.3 is 0 Å². The summed E-state index contributed by atoms with van der Waals surface area (Å²) < 4.78 is 0. The molecule has 0 heterocycles. The van der Waals surface area contributed by atoms with Crippen LogP contribution < -0.4 is 4.90 Å². The lowest BCUT2D eigenvalue weighted by Crippen LogP contribution is -2.16. The molecule has 1 rings (SSSR count). The molecular formula is C13H16N2. The Labute approximate surface area is 91.4 Å². The fraction of sp³-hybridized carbons (Fsp3) is 0.308. The van der Waals surface area contributed by atoms with Gasteiger partial charge in [-0.15, -0.1) is 0 Å². The second kappa shape index (κ2) is 5.87. The lowest BCUT2D eigenvalue weighted by molar-refractivity contribution is 0.939. The first-order valence-electron chi connectivity index (χ1n) is 5.11. The Hall–Kier alpha value is -1.75. The van der Waals surface area contributed by atoms with Crippen molar-refractivity contribution in [3.63, 3.8) is 0 Å². The van der Waals surface area contributed by atoms with E-state index in [1.54, 1.807) is 0 Å². The van der Waals surface area contributed by atoms with Gasteiger partial charge < -0.3 is 4.90 Å². The van der Waals surface area contributed by atoms with E-state index in [9.17, 15) is 0 Å². The Morgan fingerprint density at radius 2 is 2.27 bits per heavy atom. The van der Waals surface area contributed by atoms with Gasteiger partial charge in [0.15, 0.2) is 0 Å². The fourth-order valence-electron chi connectivity index (χ4n) is 1.45. The zero-order chi connectivity index (χ0) is 11.1. The minimum absolute atomic E-state index is 0.540. The molecule has 0 aliphatic rings. The van der Waals surface area contributed by atoms with Gasteiger partial charge in [0.05, 0.1) is 12.5 Å². The Morgan fingerprint density at radius 3 is 2.87 bits per heavy atom. The number of rotatable bonds is 4. The molecule has 1 aromatic carbocycles. The lowest BCUT2D eigenvalue weighted by atomic mass is 10.2. The predicted octanol–water partition coefficient (Wildman–Crippen LogP) is 3.25. The molecule has 0 amide bonds. The summed E-state index contributed by atoms with van der Waals surface area (Å²) in [6.07, 6.45) is 4.53. The summed E-state index contributed by atoms with van der Waals surface area (Å²) in [6.45, 7) is 4.79. The standard InChI is InChI=1S/C13H16N2/c1-3-9-15(10-5-8-14)13-7-4-6-12(2)11-13/h3-4,6-7,9,11H,5,10H2,1-2H3. The minimum atomic E-state index is 0.540. The lowest BCUT2D eigenvalue weighted by Gasteiger charge is -2.19. The number of hydrogen-bond donors (Lipinski definition) is 0. The van der Waals surface area contributed by atoms with Crippen LogP contribution in [0.5, 0.6) is 0 Å². The number of nitrogens with zero attached hydrogens (tertiary/aromatic N) is 2. The van der Waals surface area contributed by atoms with Gasteiger partial charge in [-0.05, 0) is 37.7 Å². The van der Waals surface area contributed by atoms with Crippen molar-refractivity contribution in [2.24, 2.45) is 0 Å². The maximum absolute atomic E-state index is 8.58. The highest BCUT2D eigenvalue weighted by molar-refractivity contribution is 5.50. The first-order valence-corrected chi connectivity index (χ1v) is 5.11. The topological polar surface area (TPSA) is 27.0 Å². The Balaban J connectivity index is 2.84. The molecule has 0 spiro atoms. The van der Waals surface area contributed by atoms with Crippen LogP contribution in [0.1, 0.15) is 18.9 Å². The molecule has 0 N–H and O–H groups in total. The average Bonchev–Trinajstić information content (AvgIpc) is 2.24. The smallest absolute Gasteiger partial charge is 0.0640 e. The van der Waals surface area contributed by atoms with Crippen LogP contribution in [0.3, 0.4) is 0 Å². The van der Waals surface area contributed by atoms with Crippen molar-refractivity contribution in [3.05, 3.63) is 42.1 Å². The number of aryl methyl sites for hydroxylation is 1. The zero-order valence-corrected chi connectivity index (χ0v) is 9.27. The number of allylic oxidation sites excluding steroid dienone is 1.